The number of hydrogen-bond donors (Lipinski definition) is 1. The molecule has 0 aliphatic carbocycles. The van der Waals surface area contributed by atoms with Gasteiger partial charge in [0.2, 0.25) is 0 Å². The minimum atomic E-state index is -0.152. The Labute approximate surface area is 122 Å². The number of hydrogen-bond acceptors (Lipinski definition) is 2. The van der Waals surface area contributed by atoms with Crippen LogP contribution in [0.1, 0.15) is 58.3 Å². The average Bonchev–Trinajstić information content (AvgIpc) is 2.45. The molecule has 0 heterocycles. The van der Waals surface area contributed by atoms with Gasteiger partial charge >= 0.3 is 0 Å². The van der Waals surface area contributed by atoms with Crippen molar-refractivity contribution in [3.05, 3.63) is 30.3 Å². The fraction of sp³-hybridized carbons (Fsp3) is 0.647. The van der Waals surface area contributed by atoms with Crippen molar-refractivity contribution in [2.75, 3.05) is 5.75 Å². The summed E-state index contributed by atoms with van der Waals surface area (Å²) in [5.74, 6) is 0.819. The fourth-order valence-corrected chi connectivity index (χ4v) is 3.03. The summed E-state index contributed by atoms with van der Waals surface area (Å²) >= 11 is 1.75. The molecular weight excluding hydrogens is 252 g/mol. The van der Waals surface area contributed by atoms with E-state index >= 15 is 0 Å². The molecular formula is C17H28OS. The van der Waals surface area contributed by atoms with E-state index in [0.29, 0.717) is 0 Å². The zero-order valence-corrected chi connectivity index (χ0v) is 13.0. The molecule has 1 rings (SSSR count). The van der Waals surface area contributed by atoms with Crippen molar-refractivity contribution < 1.29 is 5.11 Å². The second kappa shape index (κ2) is 11.4. The first-order valence-electron chi connectivity index (χ1n) is 7.69. The van der Waals surface area contributed by atoms with Crippen molar-refractivity contribution in [1.82, 2.24) is 0 Å². The van der Waals surface area contributed by atoms with Gasteiger partial charge in [0.05, 0.1) is 6.10 Å². The molecule has 0 fully saturated rings. The third-order valence-corrected chi connectivity index (χ3v) is 4.48. The first kappa shape index (κ1) is 16.6. The summed E-state index contributed by atoms with van der Waals surface area (Å²) in [6.45, 7) is 2.25. The van der Waals surface area contributed by atoms with Crippen LogP contribution in [-0.2, 0) is 0 Å². The molecule has 0 aromatic heterocycles. The second-order valence-electron chi connectivity index (χ2n) is 5.19. The number of rotatable bonds is 11. The molecule has 1 aromatic carbocycles. The van der Waals surface area contributed by atoms with Crippen LogP contribution in [0.15, 0.2) is 35.2 Å². The van der Waals surface area contributed by atoms with Gasteiger partial charge in [0, 0.05) is 10.6 Å². The number of aliphatic hydroxyl groups excluding tert-OH is 1. The molecule has 2 heteroatoms. The van der Waals surface area contributed by atoms with Crippen molar-refractivity contribution in [2.45, 2.75) is 69.3 Å². The third kappa shape index (κ3) is 9.12. The highest BCUT2D eigenvalue weighted by Crippen LogP contribution is 2.19. The van der Waals surface area contributed by atoms with E-state index in [9.17, 15) is 5.11 Å². The van der Waals surface area contributed by atoms with E-state index in [2.05, 4.69) is 19.1 Å². The summed E-state index contributed by atoms with van der Waals surface area (Å²) in [5.41, 5.74) is 0. The molecule has 1 atom stereocenters. The van der Waals surface area contributed by atoms with Gasteiger partial charge in [-0.1, -0.05) is 70.1 Å². The minimum Gasteiger partial charge on any atom is -0.392 e. The van der Waals surface area contributed by atoms with Gasteiger partial charge in [-0.15, -0.1) is 11.8 Å². The Hall–Kier alpha value is -0.470. The van der Waals surface area contributed by atoms with Crippen LogP contribution in [0.2, 0.25) is 0 Å². The minimum absolute atomic E-state index is 0.152. The maximum absolute atomic E-state index is 9.93. The molecule has 0 saturated carbocycles. The standard InChI is InChI=1S/C17H28OS/c1-2-3-4-5-6-7-9-12-16(18)15-19-17-13-10-8-11-14-17/h8,10-11,13-14,16,18H,2-7,9,12,15H2,1H3. The highest BCUT2D eigenvalue weighted by atomic mass is 32.2. The SMILES string of the molecule is CCCCCCCCCC(O)CSc1ccccc1. The lowest BCUT2D eigenvalue weighted by atomic mass is 10.1. The fourth-order valence-electron chi connectivity index (χ4n) is 2.13. The molecule has 1 nitrogen and oxygen atoms in total. The summed E-state index contributed by atoms with van der Waals surface area (Å²) in [7, 11) is 0. The normalized spacial score (nSPS) is 12.5. The van der Waals surface area contributed by atoms with Crippen LogP contribution in [0.3, 0.4) is 0 Å². The zero-order chi connectivity index (χ0) is 13.8. The molecule has 0 spiro atoms. The molecule has 0 aliphatic rings. The maximum Gasteiger partial charge on any atom is 0.0634 e. The molecule has 1 unspecified atom stereocenters. The van der Waals surface area contributed by atoms with Crippen molar-refractivity contribution in [2.24, 2.45) is 0 Å². The lowest BCUT2D eigenvalue weighted by Crippen LogP contribution is -2.09. The zero-order valence-electron chi connectivity index (χ0n) is 12.2. The van der Waals surface area contributed by atoms with E-state index in [4.69, 9.17) is 0 Å². The van der Waals surface area contributed by atoms with Gasteiger partial charge in [0.15, 0.2) is 0 Å². The van der Waals surface area contributed by atoms with Gasteiger partial charge in [0.25, 0.3) is 0 Å². The van der Waals surface area contributed by atoms with Gasteiger partial charge in [-0.2, -0.15) is 0 Å². The molecule has 1 aromatic rings. The number of benzene rings is 1. The summed E-state index contributed by atoms with van der Waals surface area (Å²) in [4.78, 5) is 1.25. The Morgan fingerprint density at radius 3 is 2.26 bits per heavy atom. The van der Waals surface area contributed by atoms with Crippen LogP contribution in [0.5, 0.6) is 0 Å². The maximum atomic E-state index is 9.93. The van der Waals surface area contributed by atoms with Crippen molar-refractivity contribution in [3.63, 3.8) is 0 Å². The molecule has 0 aliphatic heterocycles. The molecule has 0 bridgehead atoms. The van der Waals surface area contributed by atoms with E-state index in [1.54, 1.807) is 11.8 Å². The highest BCUT2D eigenvalue weighted by Gasteiger charge is 2.04. The predicted molar refractivity (Wildman–Crippen MR) is 85.8 cm³/mol. The Bertz CT molecular complexity index is 299. The molecule has 0 radical (unpaired) electrons. The van der Waals surface area contributed by atoms with Gasteiger partial charge in [-0.25, -0.2) is 0 Å². The van der Waals surface area contributed by atoms with Crippen LogP contribution < -0.4 is 0 Å². The van der Waals surface area contributed by atoms with Gasteiger partial charge in [0.1, 0.15) is 0 Å². The average molecular weight is 280 g/mol. The smallest absolute Gasteiger partial charge is 0.0634 e. The lowest BCUT2D eigenvalue weighted by molar-refractivity contribution is 0.185. The molecule has 1 N–H and O–H groups in total. The Kier molecular flexibility index (Phi) is 9.92. The third-order valence-electron chi connectivity index (χ3n) is 3.33. The monoisotopic (exact) mass is 280 g/mol. The van der Waals surface area contributed by atoms with E-state index in [-0.39, 0.29) is 6.10 Å². The van der Waals surface area contributed by atoms with Crippen LogP contribution in [-0.4, -0.2) is 17.0 Å². The first-order valence-corrected chi connectivity index (χ1v) is 8.67. The van der Waals surface area contributed by atoms with Gasteiger partial charge in [-0.05, 0) is 18.6 Å². The highest BCUT2D eigenvalue weighted by molar-refractivity contribution is 7.99. The summed E-state index contributed by atoms with van der Waals surface area (Å²) in [6, 6.07) is 10.3. The van der Waals surface area contributed by atoms with Crippen LogP contribution in [0, 0.1) is 0 Å². The van der Waals surface area contributed by atoms with E-state index in [0.717, 1.165) is 12.2 Å². The van der Waals surface area contributed by atoms with Crippen LogP contribution in [0.25, 0.3) is 0 Å². The summed E-state index contributed by atoms with van der Waals surface area (Å²) in [6.07, 6.45) is 10.0. The van der Waals surface area contributed by atoms with Crippen LogP contribution >= 0.6 is 11.8 Å². The molecule has 108 valence electrons. The second-order valence-corrected chi connectivity index (χ2v) is 6.28. The van der Waals surface area contributed by atoms with E-state index in [1.807, 2.05) is 18.2 Å². The van der Waals surface area contributed by atoms with Gasteiger partial charge < -0.3 is 5.11 Å². The molecule has 19 heavy (non-hydrogen) atoms. The van der Waals surface area contributed by atoms with E-state index in [1.165, 1.54) is 49.8 Å². The topological polar surface area (TPSA) is 20.2 Å². The van der Waals surface area contributed by atoms with Crippen molar-refractivity contribution in [3.8, 4) is 0 Å². The number of aliphatic hydroxyl groups is 1. The molecule has 0 saturated heterocycles. The summed E-state index contributed by atoms with van der Waals surface area (Å²) in [5, 5.41) is 9.93. The number of thioether (sulfide) groups is 1. The van der Waals surface area contributed by atoms with Crippen LogP contribution in [0.4, 0.5) is 0 Å². The van der Waals surface area contributed by atoms with E-state index < -0.39 is 0 Å². The van der Waals surface area contributed by atoms with Crippen molar-refractivity contribution in [1.29, 1.82) is 0 Å². The first-order chi connectivity index (χ1) is 9.33. The Morgan fingerprint density at radius 1 is 0.947 bits per heavy atom. The molecule has 0 amide bonds. The van der Waals surface area contributed by atoms with Gasteiger partial charge in [-0.3, -0.25) is 0 Å². The Morgan fingerprint density at radius 2 is 1.58 bits per heavy atom. The van der Waals surface area contributed by atoms with Crippen molar-refractivity contribution >= 4 is 11.8 Å². The largest absolute Gasteiger partial charge is 0.392 e. The number of unbranched alkanes of at least 4 members (excludes halogenated alkanes) is 6. The Balaban J connectivity index is 1.95. The lowest BCUT2D eigenvalue weighted by Gasteiger charge is -2.10. The quantitative estimate of drug-likeness (QED) is 0.439. The summed E-state index contributed by atoms with van der Waals surface area (Å²) < 4.78 is 0. The predicted octanol–water partition coefficient (Wildman–Crippen LogP) is 5.28.